The second-order valence-electron chi connectivity index (χ2n) is 11.6. The number of rotatable bonds is 5. The summed E-state index contributed by atoms with van der Waals surface area (Å²) in [6, 6.07) is 0.138. The van der Waals surface area contributed by atoms with E-state index in [1.165, 1.54) is 31.9 Å². The average Bonchev–Trinajstić information content (AvgIpc) is 3.16. The SMILES string of the molecule is CC(C)(C)C(NC(=O)C(F)(F)F)C(=O)N1C[C@H]2[C@@H]([C@H]1C(=O)NC(C#N)c1cncc3cnccc13)C2(C)C. The topological polar surface area (TPSA) is 128 Å². The maximum Gasteiger partial charge on any atom is 0.471 e. The lowest BCUT2D eigenvalue weighted by Gasteiger charge is -2.37. The van der Waals surface area contributed by atoms with Crippen LogP contribution in [0.4, 0.5) is 13.2 Å². The molecular weight excluding hydrogens is 501 g/mol. The second kappa shape index (κ2) is 9.22. The van der Waals surface area contributed by atoms with Gasteiger partial charge in [0.2, 0.25) is 11.8 Å². The first-order valence-corrected chi connectivity index (χ1v) is 12.1. The van der Waals surface area contributed by atoms with Crippen molar-refractivity contribution in [2.45, 2.75) is 58.9 Å². The average molecular weight is 531 g/mol. The summed E-state index contributed by atoms with van der Waals surface area (Å²) >= 11 is 0. The predicted octanol–water partition coefficient (Wildman–Crippen LogP) is 2.89. The molecule has 9 nitrogen and oxygen atoms in total. The van der Waals surface area contributed by atoms with Gasteiger partial charge in [0.25, 0.3) is 0 Å². The van der Waals surface area contributed by atoms with E-state index in [9.17, 15) is 32.8 Å². The number of hydrogen-bond acceptors (Lipinski definition) is 6. The zero-order valence-electron chi connectivity index (χ0n) is 21.6. The van der Waals surface area contributed by atoms with Gasteiger partial charge >= 0.3 is 12.1 Å². The Morgan fingerprint density at radius 2 is 1.79 bits per heavy atom. The van der Waals surface area contributed by atoms with Crippen LogP contribution in [0.5, 0.6) is 0 Å². The van der Waals surface area contributed by atoms with Gasteiger partial charge in [-0.1, -0.05) is 34.6 Å². The standard InChI is InChI=1S/C26H29F3N6O3/c1-24(2,3)20(34-23(38)26(27,28)29)22(37)35-12-16-18(25(16,4)5)19(35)21(36)33-17(8-30)15-11-32-10-13-9-31-7-6-14(13)15/h6-7,9-11,16-20H,12H2,1-5H3,(H,33,36)(H,34,38)/t16-,17?,18-,19-,20?/m0/s1. The fourth-order valence-electron chi connectivity index (χ4n) is 5.52. The summed E-state index contributed by atoms with van der Waals surface area (Å²) < 4.78 is 39.1. The molecule has 2 aliphatic rings. The van der Waals surface area contributed by atoms with Crippen LogP contribution in [0.25, 0.3) is 10.8 Å². The van der Waals surface area contributed by atoms with E-state index < -0.39 is 47.4 Å². The van der Waals surface area contributed by atoms with Crippen LogP contribution >= 0.6 is 0 Å². The normalized spacial score (nSPS) is 23.7. The number of halogens is 3. The third kappa shape index (κ3) is 4.77. The molecule has 5 atom stereocenters. The summed E-state index contributed by atoms with van der Waals surface area (Å²) in [6.07, 6.45) is 1.02. The van der Waals surface area contributed by atoms with Crippen molar-refractivity contribution < 1.29 is 27.6 Å². The fraction of sp³-hybridized carbons (Fsp3) is 0.538. The molecule has 0 spiro atoms. The van der Waals surface area contributed by atoms with Gasteiger partial charge in [0.15, 0.2) is 0 Å². The van der Waals surface area contributed by atoms with Crippen molar-refractivity contribution in [2.75, 3.05) is 6.54 Å². The number of carbonyl (C=O) groups excluding carboxylic acids is 3. The van der Waals surface area contributed by atoms with E-state index in [1.807, 2.05) is 19.2 Å². The van der Waals surface area contributed by atoms with E-state index in [-0.39, 0.29) is 23.8 Å². The minimum atomic E-state index is -5.17. The highest BCUT2D eigenvalue weighted by Gasteiger charge is 2.70. The molecule has 0 bridgehead atoms. The smallest absolute Gasteiger partial charge is 0.336 e. The first-order valence-electron chi connectivity index (χ1n) is 12.1. The van der Waals surface area contributed by atoms with E-state index in [2.05, 4.69) is 21.4 Å². The molecule has 3 amide bonds. The molecule has 4 rings (SSSR count). The molecule has 1 aliphatic heterocycles. The molecule has 1 saturated heterocycles. The number of alkyl halides is 3. The van der Waals surface area contributed by atoms with Crippen LogP contribution in [-0.2, 0) is 14.4 Å². The lowest BCUT2D eigenvalue weighted by Crippen LogP contribution is -2.60. The van der Waals surface area contributed by atoms with Crippen LogP contribution in [0.1, 0.15) is 46.2 Å². The van der Waals surface area contributed by atoms with Crippen LogP contribution in [0.15, 0.2) is 30.9 Å². The van der Waals surface area contributed by atoms with Gasteiger partial charge in [-0.3, -0.25) is 24.4 Å². The van der Waals surface area contributed by atoms with Crippen molar-refractivity contribution in [3.63, 3.8) is 0 Å². The highest BCUT2D eigenvalue weighted by Crippen LogP contribution is 2.65. The van der Waals surface area contributed by atoms with Crippen LogP contribution in [0, 0.1) is 34.0 Å². The lowest BCUT2D eigenvalue weighted by molar-refractivity contribution is -0.176. The van der Waals surface area contributed by atoms with E-state index >= 15 is 0 Å². The first kappa shape index (κ1) is 27.3. The van der Waals surface area contributed by atoms with Crippen molar-refractivity contribution in [3.05, 3.63) is 36.4 Å². The van der Waals surface area contributed by atoms with E-state index in [4.69, 9.17) is 0 Å². The molecule has 0 aromatic carbocycles. The second-order valence-corrected chi connectivity index (χ2v) is 11.6. The Kier molecular flexibility index (Phi) is 6.62. The molecule has 202 valence electrons. The fourth-order valence-corrected chi connectivity index (χ4v) is 5.52. The predicted molar refractivity (Wildman–Crippen MR) is 130 cm³/mol. The van der Waals surface area contributed by atoms with E-state index in [0.717, 1.165) is 0 Å². The van der Waals surface area contributed by atoms with E-state index in [1.54, 1.807) is 24.7 Å². The maximum absolute atomic E-state index is 13.7. The molecule has 12 heteroatoms. The lowest BCUT2D eigenvalue weighted by atomic mass is 9.85. The number of pyridine rings is 2. The summed E-state index contributed by atoms with van der Waals surface area (Å²) in [6.45, 7) is 8.69. The number of piperidine rings is 1. The minimum Gasteiger partial charge on any atom is -0.336 e. The zero-order chi connectivity index (χ0) is 28.2. The van der Waals surface area contributed by atoms with Gasteiger partial charge in [-0.2, -0.15) is 18.4 Å². The quantitative estimate of drug-likeness (QED) is 0.612. The van der Waals surface area contributed by atoms with Gasteiger partial charge in [-0.15, -0.1) is 0 Å². The van der Waals surface area contributed by atoms with Gasteiger partial charge in [0.1, 0.15) is 18.1 Å². The minimum absolute atomic E-state index is 0.0491. The van der Waals surface area contributed by atoms with Gasteiger partial charge < -0.3 is 15.5 Å². The largest absolute Gasteiger partial charge is 0.471 e. The Morgan fingerprint density at radius 3 is 2.39 bits per heavy atom. The Hall–Kier alpha value is -3.75. The molecule has 2 aromatic rings. The van der Waals surface area contributed by atoms with Gasteiger partial charge in [0.05, 0.1) is 6.07 Å². The van der Waals surface area contributed by atoms with Crippen LogP contribution in [0.3, 0.4) is 0 Å². The highest BCUT2D eigenvalue weighted by molar-refractivity contribution is 5.95. The Balaban J connectivity index is 1.63. The van der Waals surface area contributed by atoms with Crippen LogP contribution < -0.4 is 10.6 Å². The van der Waals surface area contributed by atoms with Gasteiger partial charge in [0, 0.05) is 42.3 Å². The summed E-state index contributed by atoms with van der Waals surface area (Å²) in [7, 11) is 0. The number of fused-ring (bicyclic) bond motifs is 2. The van der Waals surface area contributed by atoms with Crippen LogP contribution in [-0.4, -0.2) is 57.4 Å². The van der Waals surface area contributed by atoms with Gasteiger partial charge in [-0.05, 0) is 34.1 Å². The highest BCUT2D eigenvalue weighted by atomic mass is 19.4. The summed E-state index contributed by atoms with van der Waals surface area (Å²) in [4.78, 5) is 48.5. The molecule has 1 aliphatic carbocycles. The first-order chi connectivity index (χ1) is 17.6. The molecule has 0 radical (unpaired) electrons. The molecule has 38 heavy (non-hydrogen) atoms. The molecule has 2 N–H and O–H groups in total. The molecule has 2 unspecified atom stereocenters. The summed E-state index contributed by atoms with van der Waals surface area (Å²) in [5.41, 5.74) is -0.896. The van der Waals surface area contributed by atoms with Crippen LogP contribution in [0.2, 0.25) is 0 Å². The summed E-state index contributed by atoms with van der Waals surface area (Å²) in [5.74, 6) is -3.89. The Bertz CT molecular complexity index is 1320. The number of likely N-dealkylation sites (tertiary alicyclic amines) is 1. The Morgan fingerprint density at radius 1 is 1.13 bits per heavy atom. The molecule has 3 heterocycles. The van der Waals surface area contributed by atoms with Crippen molar-refractivity contribution in [3.8, 4) is 6.07 Å². The monoisotopic (exact) mass is 530 g/mol. The third-order valence-corrected chi connectivity index (χ3v) is 7.72. The molecule has 2 aromatic heterocycles. The Labute approximate surface area is 217 Å². The van der Waals surface area contributed by atoms with Crippen molar-refractivity contribution >= 4 is 28.5 Å². The molecule has 2 fully saturated rings. The third-order valence-electron chi connectivity index (χ3n) is 7.72. The number of nitriles is 1. The number of aromatic nitrogens is 2. The van der Waals surface area contributed by atoms with E-state index in [0.29, 0.717) is 16.3 Å². The van der Waals surface area contributed by atoms with Crippen molar-refractivity contribution in [1.82, 2.24) is 25.5 Å². The summed E-state index contributed by atoms with van der Waals surface area (Å²) in [5, 5.41) is 15.8. The molecule has 1 saturated carbocycles. The number of nitrogens with zero attached hydrogens (tertiary/aromatic N) is 4. The number of amides is 3. The maximum atomic E-state index is 13.7. The van der Waals surface area contributed by atoms with Crippen molar-refractivity contribution in [1.29, 1.82) is 5.26 Å². The zero-order valence-corrected chi connectivity index (χ0v) is 21.6. The molecular formula is C26H29F3N6O3. The number of carbonyl (C=O) groups is 3. The van der Waals surface area contributed by atoms with Gasteiger partial charge in [-0.25, -0.2) is 0 Å². The number of hydrogen-bond donors (Lipinski definition) is 2. The van der Waals surface area contributed by atoms with Crippen molar-refractivity contribution in [2.24, 2.45) is 22.7 Å². The number of nitrogens with one attached hydrogen (secondary N) is 2.